The number of aromatic nitrogens is 1. The average Bonchev–Trinajstić information content (AvgIpc) is 3.16. The lowest BCUT2D eigenvalue weighted by Gasteiger charge is -2.17. The minimum Gasteiger partial charge on any atom is -0.481 e. The van der Waals surface area contributed by atoms with Gasteiger partial charge in [-0.15, -0.1) is 0 Å². The van der Waals surface area contributed by atoms with Gasteiger partial charge in [-0.3, -0.25) is 4.79 Å². The summed E-state index contributed by atoms with van der Waals surface area (Å²) in [4.78, 5) is 17.2. The summed E-state index contributed by atoms with van der Waals surface area (Å²) >= 11 is 0. The van der Waals surface area contributed by atoms with Crippen LogP contribution in [0.15, 0.2) is 77.2 Å². The second kappa shape index (κ2) is 8.19. The Kier molecular flexibility index (Phi) is 5.29. The van der Waals surface area contributed by atoms with Gasteiger partial charge in [-0.1, -0.05) is 42.8 Å². The van der Waals surface area contributed by atoms with Crippen LogP contribution in [0, 0.1) is 6.92 Å². The van der Waals surface area contributed by atoms with Crippen LogP contribution in [0.5, 0.6) is 5.75 Å². The topological polar surface area (TPSA) is 64.4 Å². The van der Waals surface area contributed by atoms with Crippen molar-refractivity contribution in [3.63, 3.8) is 0 Å². The molecule has 0 spiro atoms. The molecule has 0 aliphatic heterocycles. The highest BCUT2D eigenvalue weighted by atomic mass is 16.5. The summed E-state index contributed by atoms with van der Waals surface area (Å²) in [6, 6.07) is 22.8. The quantitative estimate of drug-likeness (QED) is 0.468. The summed E-state index contributed by atoms with van der Waals surface area (Å²) in [5.74, 6) is 1.03. The van der Waals surface area contributed by atoms with Gasteiger partial charge in [-0.2, -0.15) is 0 Å². The number of fused-ring (bicyclic) bond motifs is 1. The third-order valence-electron chi connectivity index (χ3n) is 4.61. The Balaban J connectivity index is 1.52. The maximum absolute atomic E-state index is 12.7. The van der Waals surface area contributed by atoms with Crippen molar-refractivity contribution in [1.29, 1.82) is 0 Å². The SMILES string of the molecule is CC[C@@H](Oc1ccccc1)C(=O)Nc1ccc2nc(-c3cccc(C)c3)oc2c1. The van der Waals surface area contributed by atoms with Gasteiger partial charge in [0.05, 0.1) is 0 Å². The number of hydrogen-bond donors (Lipinski definition) is 1. The Morgan fingerprint density at radius 3 is 2.66 bits per heavy atom. The van der Waals surface area contributed by atoms with Crippen LogP contribution in [0.4, 0.5) is 5.69 Å². The first-order valence-corrected chi connectivity index (χ1v) is 9.62. The highest BCUT2D eigenvalue weighted by Crippen LogP contribution is 2.27. The van der Waals surface area contributed by atoms with Crippen molar-refractivity contribution >= 4 is 22.7 Å². The van der Waals surface area contributed by atoms with Crippen molar-refractivity contribution in [2.24, 2.45) is 0 Å². The van der Waals surface area contributed by atoms with Gasteiger partial charge >= 0.3 is 0 Å². The van der Waals surface area contributed by atoms with Crippen LogP contribution in [0.2, 0.25) is 0 Å². The van der Waals surface area contributed by atoms with E-state index in [1.54, 1.807) is 6.07 Å². The molecule has 1 N–H and O–H groups in total. The molecule has 0 bridgehead atoms. The van der Waals surface area contributed by atoms with Crippen LogP contribution in [0.3, 0.4) is 0 Å². The zero-order valence-electron chi connectivity index (χ0n) is 16.4. The molecule has 3 aromatic carbocycles. The third kappa shape index (κ3) is 4.29. The highest BCUT2D eigenvalue weighted by Gasteiger charge is 2.19. The summed E-state index contributed by atoms with van der Waals surface area (Å²) in [5, 5.41) is 2.91. The Hall–Kier alpha value is -3.60. The van der Waals surface area contributed by atoms with Crippen LogP contribution in [0.25, 0.3) is 22.6 Å². The molecule has 1 atom stereocenters. The lowest BCUT2D eigenvalue weighted by Crippen LogP contribution is -2.32. The Labute approximate surface area is 169 Å². The maximum Gasteiger partial charge on any atom is 0.265 e. The van der Waals surface area contributed by atoms with E-state index in [0.717, 1.165) is 16.6 Å². The molecule has 0 fully saturated rings. The minimum atomic E-state index is -0.578. The summed E-state index contributed by atoms with van der Waals surface area (Å²) < 4.78 is 11.7. The lowest BCUT2D eigenvalue weighted by atomic mass is 10.1. The maximum atomic E-state index is 12.7. The molecule has 0 radical (unpaired) electrons. The second-order valence-electron chi connectivity index (χ2n) is 6.89. The van der Waals surface area contributed by atoms with E-state index in [4.69, 9.17) is 9.15 Å². The van der Waals surface area contributed by atoms with Crippen LogP contribution < -0.4 is 10.1 Å². The van der Waals surface area contributed by atoms with E-state index < -0.39 is 6.10 Å². The van der Waals surface area contributed by atoms with Crippen molar-refractivity contribution < 1.29 is 13.9 Å². The lowest BCUT2D eigenvalue weighted by molar-refractivity contribution is -0.122. The molecular formula is C24H22N2O3. The summed E-state index contributed by atoms with van der Waals surface area (Å²) in [5.41, 5.74) is 4.07. The molecule has 5 nitrogen and oxygen atoms in total. The van der Waals surface area contributed by atoms with Crippen LogP contribution in [-0.4, -0.2) is 17.0 Å². The van der Waals surface area contributed by atoms with Crippen molar-refractivity contribution in [2.45, 2.75) is 26.4 Å². The first-order chi connectivity index (χ1) is 14.1. The fourth-order valence-corrected chi connectivity index (χ4v) is 3.11. The number of hydrogen-bond acceptors (Lipinski definition) is 4. The molecule has 1 heterocycles. The number of anilines is 1. The molecule has 0 saturated carbocycles. The molecule has 4 aromatic rings. The molecule has 5 heteroatoms. The fourth-order valence-electron chi connectivity index (χ4n) is 3.11. The van der Waals surface area contributed by atoms with Gasteiger partial charge in [0, 0.05) is 17.3 Å². The van der Waals surface area contributed by atoms with Gasteiger partial charge in [0.25, 0.3) is 5.91 Å². The Morgan fingerprint density at radius 1 is 1.07 bits per heavy atom. The van der Waals surface area contributed by atoms with Gasteiger partial charge < -0.3 is 14.5 Å². The van der Waals surface area contributed by atoms with Crippen molar-refractivity contribution in [3.8, 4) is 17.2 Å². The predicted molar refractivity (Wildman–Crippen MR) is 114 cm³/mol. The zero-order chi connectivity index (χ0) is 20.2. The van der Waals surface area contributed by atoms with E-state index in [1.165, 1.54) is 0 Å². The van der Waals surface area contributed by atoms with Crippen LogP contribution in [0.1, 0.15) is 18.9 Å². The van der Waals surface area contributed by atoms with Gasteiger partial charge in [0.2, 0.25) is 5.89 Å². The molecule has 0 aliphatic carbocycles. The summed E-state index contributed by atoms with van der Waals surface area (Å²) in [7, 11) is 0. The summed E-state index contributed by atoms with van der Waals surface area (Å²) in [6.45, 7) is 3.95. The normalized spacial score (nSPS) is 11.9. The van der Waals surface area contributed by atoms with Crippen molar-refractivity contribution in [2.75, 3.05) is 5.32 Å². The number of nitrogens with one attached hydrogen (secondary N) is 1. The second-order valence-corrected chi connectivity index (χ2v) is 6.89. The average molecular weight is 386 g/mol. The highest BCUT2D eigenvalue weighted by molar-refractivity contribution is 5.96. The summed E-state index contributed by atoms with van der Waals surface area (Å²) in [6.07, 6.45) is -0.0198. The molecule has 29 heavy (non-hydrogen) atoms. The fraction of sp³-hybridized carbons (Fsp3) is 0.167. The molecule has 1 aromatic heterocycles. The van der Waals surface area contributed by atoms with E-state index >= 15 is 0 Å². The number of oxazole rings is 1. The van der Waals surface area contributed by atoms with Crippen molar-refractivity contribution in [1.82, 2.24) is 4.98 Å². The van der Waals surface area contributed by atoms with Gasteiger partial charge in [0.15, 0.2) is 11.7 Å². The molecule has 1 amide bonds. The third-order valence-corrected chi connectivity index (χ3v) is 4.61. The smallest absolute Gasteiger partial charge is 0.265 e. The molecule has 0 unspecified atom stereocenters. The largest absolute Gasteiger partial charge is 0.481 e. The van der Waals surface area contributed by atoms with E-state index in [2.05, 4.69) is 10.3 Å². The van der Waals surface area contributed by atoms with Crippen molar-refractivity contribution in [3.05, 3.63) is 78.4 Å². The van der Waals surface area contributed by atoms with Gasteiger partial charge in [-0.25, -0.2) is 4.98 Å². The number of carbonyl (C=O) groups excluding carboxylic acids is 1. The zero-order valence-corrected chi connectivity index (χ0v) is 16.4. The first-order valence-electron chi connectivity index (χ1n) is 9.62. The molecule has 0 saturated heterocycles. The molecular weight excluding hydrogens is 364 g/mol. The van der Waals surface area contributed by atoms with Crippen LogP contribution in [-0.2, 0) is 4.79 Å². The Bertz CT molecular complexity index is 1140. The molecule has 146 valence electrons. The van der Waals surface area contributed by atoms with Crippen LogP contribution >= 0.6 is 0 Å². The van der Waals surface area contributed by atoms with Gasteiger partial charge in [-0.05, 0) is 49.7 Å². The number of para-hydroxylation sites is 1. The number of carbonyl (C=O) groups is 1. The molecule has 4 rings (SSSR count). The van der Waals surface area contributed by atoms with E-state index in [1.807, 2.05) is 80.6 Å². The van der Waals surface area contributed by atoms with E-state index in [0.29, 0.717) is 29.3 Å². The number of rotatable bonds is 6. The Morgan fingerprint density at radius 2 is 1.90 bits per heavy atom. The number of nitrogens with zero attached hydrogens (tertiary/aromatic N) is 1. The number of amides is 1. The first kappa shape index (κ1) is 18.7. The minimum absolute atomic E-state index is 0.200. The van der Waals surface area contributed by atoms with E-state index in [-0.39, 0.29) is 5.91 Å². The van der Waals surface area contributed by atoms with E-state index in [9.17, 15) is 4.79 Å². The number of ether oxygens (including phenoxy) is 1. The van der Waals surface area contributed by atoms with Gasteiger partial charge in [0.1, 0.15) is 11.3 Å². The number of benzene rings is 3. The predicted octanol–water partition coefficient (Wildman–Crippen LogP) is 5.60. The number of aryl methyl sites for hydroxylation is 1. The monoisotopic (exact) mass is 386 g/mol. The molecule has 0 aliphatic rings. The standard InChI is InChI=1S/C24H22N2O3/c1-3-21(28-19-10-5-4-6-11-19)23(27)25-18-12-13-20-22(15-18)29-24(26-20)17-9-7-8-16(2)14-17/h4-15,21H,3H2,1-2H3,(H,25,27)/t21-/m1/s1.